The molecule has 0 aliphatic carbocycles. The van der Waals surface area contributed by atoms with E-state index in [1.54, 1.807) is 0 Å². The minimum atomic E-state index is -4.37. The molecule has 1 aliphatic heterocycles. The van der Waals surface area contributed by atoms with E-state index in [-0.39, 0.29) is 12.5 Å². The molecule has 1 amide bonds. The summed E-state index contributed by atoms with van der Waals surface area (Å²) in [7, 11) is -4.37. The Balaban J connectivity index is 2.47. The second kappa shape index (κ2) is 7.18. The lowest BCUT2D eigenvalue weighted by Gasteiger charge is -2.41. The van der Waals surface area contributed by atoms with Crippen LogP contribution in [-0.4, -0.2) is 62.7 Å². The Bertz CT molecular complexity index is 390. The number of piperidine rings is 1. The Labute approximate surface area is 114 Å². The maximum atomic E-state index is 10.9. The van der Waals surface area contributed by atoms with Crippen molar-refractivity contribution in [3.63, 3.8) is 0 Å². The fourth-order valence-electron chi connectivity index (χ4n) is 2.55. The molecule has 0 atom stereocenters. The zero-order valence-corrected chi connectivity index (χ0v) is 12.1. The van der Waals surface area contributed by atoms with Gasteiger partial charge in [0.15, 0.2) is 0 Å². The number of quaternary nitrogens is 1. The van der Waals surface area contributed by atoms with Gasteiger partial charge in [-0.05, 0) is 19.3 Å². The van der Waals surface area contributed by atoms with Gasteiger partial charge in [-0.25, -0.2) is 4.18 Å². The van der Waals surface area contributed by atoms with Gasteiger partial charge in [-0.1, -0.05) is 0 Å². The molecular weight excluding hydrogens is 272 g/mol. The third kappa shape index (κ3) is 6.86. The molecule has 19 heavy (non-hydrogen) atoms. The van der Waals surface area contributed by atoms with E-state index in [0.717, 1.165) is 37.0 Å². The van der Waals surface area contributed by atoms with Gasteiger partial charge in [-0.2, -0.15) is 8.42 Å². The highest BCUT2D eigenvalue weighted by Crippen LogP contribution is 2.18. The average Bonchev–Trinajstić information content (AvgIpc) is 2.28. The molecule has 0 unspecified atom stereocenters. The van der Waals surface area contributed by atoms with Crippen molar-refractivity contribution in [2.75, 3.05) is 39.3 Å². The van der Waals surface area contributed by atoms with Gasteiger partial charge in [0.2, 0.25) is 5.91 Å². The average molecular weight is 295 g/mol. The Kier molecular flexibility index (Phi) is 6.18. The summed E-state index contributed by atoms with van der Waals surface area (Å²) in [6, 6.07) is 0. The van der Waals surface area contributed by atoms with Gasteiger partial charge in [0.25, 0.3) is 0 Å². The van der Waals surface area contributed by atoms with Crippen LogP contribution < -0.4 is 5.32 Å². The largest absolute Gasteiger partial charge is 0.397 e. The lowest BCUT2D eigenvalue weighted by molar-refractivity contribution is -0.931. The zero-order chi connectivity index (χ0) is 14.4. The lowest BCUT2D eigenvalue weighted by Crippen LogP contribution is -2.56. The molecule has 7 nitrogen and oxygen atoms in total. The number of carbonyl (C=O) groups excluding carboxylic acids is 1. The third-order valence-electron chi connectivity index (χ3n) is 3.52. The highest BCUT2D eigenvalue weighted by atomic mass is 32.3. The summed E-state index contributed by atoms with van der Waals surface area (Å²) in [4.78, 5) is 10.9. The molecule has 8 heteroatoms. The van der Waals surface area contributed by atoms with Crippen molar-refractivity contribution in [2.45, 2.75) is 26.2 Å². The van der Waals surface area contributed by atoms with Gasteiger partial charge in [-0.15, -0.1) is 0 Å². The molecular formula is C11H23N2O5S+. The van der Waals surface area contributed by atoms with Crippen molar-refractivity contribution < 1.29 is 26.4 Å². The number of nitrogens with one attached hydrogen (secondary N) is 1. The number of hydrogen-bond donors (Lipinski definition) is 2. The number of carbonyl (C=O) groups is 1. The Morgan fingerprint density at radius 1 is 1.26 bits per heavy atom. The summed E-state index contributed by atoms with van der Waals surface area (Å²) < 4.78 is 34.8. The van der Waals surface area contributed by atoms with Crippen LogP contribution in [0.15, 0.2) is 0 Å². The molecule has 0 saturated carbocycles. The molecule has 1 aliphatic rings. The van der Waals surface area contributed by atoms with Gasteiger partial charge < -0.3 is 9.80 Å². The monoisotopic (exact) mass is 295 g/mol. The minimum absolute atomic E-state index is 0.0289. The van der Waals surface area contributed by atoms with Crippen LogP contribution in [0.1, 0.15) is 26.2 Å². The zero-order valence-electron chi connectivity index (χ0n) is 11.3. The molecule has 1 fully saturated rings. The number of rotatable bonds is 7. The summed E-state index contributed by atoms with van der Waals surface area (Å²) in [5.74, 6) is -0.0654. The van der Waals surface area contributed by atoms with E-state index in [0.29, 0.717) is 13.1 Å². The van der Waals surface area contributed by atoms with Crippen molar-refractivity contribution in [3.05, 3.63) is 0 Å². The molecule has 1 saturated heterocycles. The van der Waals surface area contributed by atoms with Crippen LogP contribution in [0.25, 0.3) is 0 Å². The second-order valence-corrected chi connectivity index (χ2v) is 6.12. The standard InChI is InChI=1S/C11H22N2O5S/c1-11(14)12-5-8-13(6-3-2-4-7-13)9-10-18-19(15,16)17/h2-10H2,1H3,(H-,12,14,15,16,17)/p+1. The Morgan fingerprint density at radius 2 is 1.89 bits per heavy atom. The molecule has 0 spiro atoms. The summed E-state index contributed by atoms with van der Waals surface area (Å²) in [5.41, 5.74) is 0. The molecule has 0 aromatic rings. The molecule has 0 aromatic heterocycles. The van der Waals surface area contributed by atoms with Gasteiger partial charge >= 0.3 is 10.4 Å². The van der Waals surface area contributed by atoms with Crippen LogP contribution in [0, 0.1) is 0 Å². The number of nitrogens with zero attached hydrogens (tertiary/aromatic N) is 1. The molecule has 0 radical (unpaired) electrons. The molecule has 2 N–H and O–H groups in total. The third-order valence-corrected chi connectivity index (χ3v) is 3.99. The van der Waals surface area contributed by atoms with Crippen molar-refractivity contribution >= 4 is 16.3 Å². The van der Waals surface area contributed by atoms with E-state index >= 15 is 0 Å². The van der Waals surface area contributed by atoms with E-state index < -0.39 is 10.4 Å². The minimum Gasteiger partial charge on any atom is -0.351 e. The number of hydrogen-bond acceptors (Lipinski definition) is 4. The Hall–Kier alpha value is -0.700. The van der Waals surface area contributed by atoms with Crippen LogP contribution in [0.3, 0.4) is 0 Å². The summed E-state index contributed by atoms with van der Waals surface area (Å²) in [5, 5.41) is 2.76. The van der Waals surface area contributed by atoms with Crippen LogP contribution in [0.2, 0.25) is 0 Å². The molecule has 0 aromatic carbocycles. The van der Waals surface area contributed by atoms with Crippen LogP contribution in [0.4, 0.5) is 0 Å². The van der Waals surface area contributed by atoms with E-state index in [1.165, 1.54) is 13.3 Å². The molecule has 0 bridgehead atoms. The van der Waals surface area contributed by atoms with E-state index in [2.05, 4.69) is 9.50 Å². The predicted molar refractivity (Wildman–Crippen MR) is 69.8 cm³/mol. The van der Waals surface area contributed by atoms with Gasteiger partial charge in [0.1, 0.15) is 13.2 Å². The van der Waals surface area contributed by atoms with E-state index in [4.69, 9.17) is 4.55 Å². The summed E-state index contributed by atoms with van der Waals surface area (Å²) in [6.07, 6.45) is 3.36. The first kappa shape index (κ1) is 16.4. The SMILES string of the molecule is CC(=O)NCC[N+]1(CCOS(=O)(=O)O)CCCCC1. The predicted octanol–water partition coefficient (Wildman–Crippen LogP) is -0.0574. The van der Waals surface area contributed by atoms with E-state index in [9.17, 15) is 13.2 Å². The summed E-state index contributed by atoms with van der Waals surface area (Å²) >= 11 is 0. The van der Waals surface area contributed by atoms with Gasteiger partial charge in [0, 0.05) is 6.92 Å². The normalized spacial score (nSPS) is 19.1. The maximum Gasteiger partial charge on any atom is 0.397 e. The van der Waals surface area contributed by atoms with E-state index in [1.807, 2.05) is 0 Å². The first-order valence-corrected chi connectivity index (χ1v) is 7.91. The fraction of sp³-hybridized carbons (Fsp3) is 0.909. The molecule has 1 rings (SSSR count). The maximum absolute atomic E-state index is 10.9. The van der Waals surface area contributed by atoms with Gasteiger partial charge in [0.05, 0.1) is 26.2 Å². The van der Waals surface area contributed by atoms with Gasteiger partial charge in [-0.3, -0.25) is 9.35 Å². The van der Waals surface area contributed by atoms with Crippen molar-refractivity contribution in [1.82, 2.24) is 5.32 Å². The quantitative estimate of drug-likeness (QED) is 0.507. The highest BCUT2D eigenvalue weighted by molar-refractivity contribution is 7.80. The van der Waals surface area contributed by atoms with Crippen molar-refractivity contribution in [1.29, 1.82) is 0 Å². The topological polar surface area (TPSA) is 92.7 Å². The summed E-state index contributed by atoms with van der Waals surface area (Å²) in [6.45, 7) is 5.21. The Morgan fingerprint density at radius 3 is 2.42 bits per heavy atom. The lowest BCUT2D eigenvalue weighted by atomic mass is 10.1. The number of amides is 1. The van der Waals surface area contributed by atoms with Crippen LogP contribution >= 0.6 is 0 Å². The second-order valence-electron chi connectivity index (χ2n) is 5.03. The number of likely N-dealkylation sites (tertiary alicyclic amines) is 1. The van der Waals surface area contributed by atoms with Crippen molar-refractivity contribution in [3.8, 4) is 0 Å². The first-order valence-electron chi connectivity index (χ1n) is 6.54. The fourth-order valence-corrected chi connectivity index (χ4v) is 2.83. The van der Waals surface area contributed by atoms with Crippen LogP contribution in [0.5, 0.6) is 0 Å². The van der Waals surface area contributed by atoms with Crippen molar-refractivity contribution in [2.24, 2.45) is 0 Å². The first-order chi connectivity index (χ1) is 8.83. The molecule has 112 valence electrons. The molecule has 1 heterocycles. The highest BCUT2D eigenvalue weighted by Gasteiger charge is 2.29. The smallest absolute Gasteiger partial charge is 0.351 e. The van der Waals surface area contributed by atoms with Crippen LogP contribution in [-0.2, 0) is 19.4 Å².